The molecular formula is C21H16ClN5O2. The highest BCUT2D eigenvalue weighted by Gasteiger charge is 2.15. The van der Waals surface area contributed by atoms with Gasteiger partial charge in [0, 0.05) is 21.7 Å². The van der Waals surface area contributed by atoms with Gasteiger partial charge in [-0.25, -0.2) is 0 Å². The van der Waals surface area contributed by atoms with E-state index in [4.69, 9.17) is 11.6 Å². The summed E-state index contributed by atoms with van der Waals surface area (Å²) in [7, 11) is 0. The van der Waals surface area contributed by atoms with E-state index < -0.39 is 11.8 Å². The molecular weight excluding hydrogens is 390 g/mol. The molecule has 0 aliphatic rings. The number of amides is 2. The molecule has 0 saturated heterocycles. The van der Waals surface area contributed by atoms with E-state index in [1.165, 1.54) is 0 Å². The first-order valence-corrected chi connectivity index (χ1v) is 9.17. The van der Waals surface area contributed by atoms with Crippen LogP contribution in [0.25, 0.3) is 22.2 Å². The first-order valence-electron chi connectivity index (χ1n) is 8.80. The van der Waals surface area contributed by atoms with Gasteiger partial charge in [-0.3, -0.25) is 30.5 Å². The number of nitrogens with zero attached hydrogens (tertiary/aromatic N) is 2. The summed E-state index contributed by atoms with van der Waals surface area (Å²) in [5.74, 6) is -0.946. The van der Waals surface area contributed by atoms with Crippen LogP contribution in [-0.4, -0.2) is 27.0 Å². The standard InChI is InChI=1S/C21H16ClN5O2/c1-12-10-16(15-4-2-3-5-17(15)23-12)20(28)26-27-21(29)19-11-18(24-25-19)13-6-8-14(22)9-7-13/h2-11H,1H3,(H,24,25)(H,26,28)(H,27,29). The van der Waals surface area contributed by atoms with Gasteiger partial charge in [0.05, 0.1) is 16.8 Å². The molecule has 29 heavy (non-hydrogen) atoms. The Hall–Kier alpha value is -3.71. The van der Waals surface area contributed by atoms with Crippen molar-refractivity contribution in [3.05, 3.63) is 82.6 Å². The van der Waals surface area contributed by atoms with Crippen molar-refractivity contribution >= 4 is 34.3 Å². The third-order valence-electron chi connectivity index (χ3n) is 4.34. The highest BCUT2D eigenvalue weighted by atomic mass is 35.5. The molecule has 0 aliphatic carbocycles. The maximum Gasteiger partial charge on any atom is 0.287 e. The minimum atomic E-state index is -0.513. The van der Waals surface area contributed by atoms with Gasteiger partial charge in [-0.2, -0.15) is 5.10 Å². The fourth-order valence-electron chi connectivity index (χ4n) is 2.95. The molecule has 4 aromatic rings. The molecule has 0 bridgehead atoms. The average molecular weight is 406 g/mol. The summed E-state index contributed by atoms with van der Waals surface area (Å²) in [6.45, 7) is 1.81. The van der Waals surface area contributed by atoms with Gasteiger partial charge in [0.25, 0.3) is 11.8 Å². The van der Waals surface area contributed by atoms with Crippen LogP contribution < -0.4 is 10.9 Å². The van der Waals surface area contributed by atoms with Crippen LogP contribution in [0, 0.1) is 6.92 Å². The number of H-pyrrole nitrogens is 1. The number of nitrogens with one attached hydrogen (secondary N) is 3. The number of carbonyl (C=O) groups is 2. The Morgan fingerprint density at radius 2 is 1.69 bits per heavy atom. The maximum absolute atomic E-state index is 12.6. The summed E-state index contributed by atoms with van der Waals surface area (Å²) in [6, 6.07) is 17.7. The number of halogens is 1. The fourth-order valence-corrected chi connectivity index (χ4v) is 3.08. The number of hydrogen-bond donors (Lipinski definition) is 3. The summed E-state index contributed by atoms with van der Waals surface area (Å²) >= 11 is 5.89. The smallest absolute Gasteiger partial charge is 0.272 e. The lowest BCUT2D eigenvalue weighted by Crippen LogP contribution is -2.41. The third-order valence-corrected chi connectivity index (χ3v) is 4.59. The van der Waals surface area contributed by atoms with Crippen LogP contribution in [-0.2, 0) is 0 Å². The molecule has 0 unspecified atom stereocenters. The van der Waals surface area contributed by atoms with E-state index in [2.05, 4.69) is 26.0 Å². The zero-order valence-corrected chi connectivity index (χ0v) is 16.1. The van der Waals surface area contributed by atoms with E-state index >= 15 is 0 Å². The van der Waals surface area contributed by atoms with E-state index in [1.54, 1.807) is 36.4 Å². The van der Waals surface area contributed by atoms with Crippen LogP contribution in [0.5, 0.6) is 0 Å². The topological polar surface area (TPSA) is 99.8 Å². The largest absolute Gasteiger partial charge is 0.287 e. The molecule has 0 aliphatic heterocycles. The number of hydrazine groups is 1. The molecule has 144 valence electrons. The Morgan fingerprint density at radius 3 is 2.48 bits per heavy atom. The molecule has 8 heteroatoms. The minimum absolute atomic E-state index is 0.214. The lowest BCUT2D eigenvalue weighted by molar-refractivity contribution is 0.0844. The van der Waals surface area contributed by atoms with Crippen molar-refractivity contribution in [3.63, 3.8) is 0 Å². The number of hydrogen-bond acceptors (Lipinski definition) is 4. The normalized spacial score (nSPS) is 10.7. The predicted molar refractivity (Wildman–Crippen MR) is 110 cm³/mol. The molecule has 0 radical (unpaired) electrons. The second-order valence-electron chi connectivity index (χ2n) is 6.41. The van der Waals surface area contributed by atoms with Crippen LogP contribution in [0.2, 0.25) is 5.02 Å². The maximum atomic E-state index is 12.6. The molecule has 0 fully saturated rings. The van der Waals surface area contributed by atoms with Crippen LogP contribution in [0.4, 0.5) is 0 Å². The quantitative estimate of drug-likeness (QED) is 0.453. The molecule has 2 amide bonds. The van der Waals surface area contributed by atoms with Crippen molar-refractivity contribution < 1.29 is 9.59 Å². The summed E-state index contributed by atoms with van der Waals surface area (Å²) in [4.78, 5) is 29.4. The van der Waals surface area contributed by atoms with Crippen molar-refractivity contribution in [2.24, 2.45) is 0 Å². The SMILES string of the molecule is Cc1cc(C(=O)NNC(=O)c2cc(-c3ccc(Cl)cc3)n[nH]2)c2ccccc2n1. The first kappa shape index (κ1) is 18.6. The summed E-state index contributed by atoms with van der Waals surface area (Å²) in [6.07, 6.45) is 0. The highest BCUT2D eigenvalue weighted by Crippen LogP contribution is 2.20. The number of aryl methyl sites for hydroxylation is 1. The molecule has 2 heterocycles. The Balaban J connectivity index is 1.48. The van der Waals surface area contributed by atoms with Gasteiger partial charge >= 0.3 is 0 Å². The van der Waals surface area contributed by atoms with Crippen LogP contribution in [0.15, 0.2) is 60.7 Å². The van der Waals surface area contributed by atoms with E-state index in [9.17, 15) is 9.59 Å². The van der Waals surface area contributed by atoms with E-state index in [0.717, 1.165) is 5.56 Å². The lowest BCUT2D eigenvalue weighted by atomic mass is 10.1. The van der Waals surface area contributed by atoms with Crippen molar-refractivity contribution in [1.82, 2.24) is 26.0 Å². The monoisotopic (exact) mass is 405 g/mol. The van der Waals surface area contributed by atoms with Gasteiger partial charge < -0.3 is 0 Å². The van der Waals surface area contributed by atoms with Gasteiger partial charge in [0.2, 0.25) is 0 Å². The zero-order valence-electron chi connectivity index (χ0n) is 15.4. The van der Waals surface area contributed by atoms with E-state index in [0.29, 0.717) is 32.9 Å². The van der Waals surface area contributed by atoms with Crippen molar-refractivity contribution in [2.75, 3.05) is 0 Å². The number of para-hydroxylation sites is 1. The van der Waals surface area contributed by atoms with Crippen LogP contribution in [0.3, 0.4) is 0 Å². The van der Waals surface area contributed by atoms with Gasteiger partial charge in [0.1, 0.15) is 5.69 Å². The Labute approximate surface area is 171 Å². The third kappa shape index (κ3) is 3.95. The number of benzene rings is 2. The van der Waals surface area contributed by atoms with Gasteiger partial charge in [0.15, 0.2) is 0 Å². The van der Waals surface area contributed by atoms with E-state index in [1.807, 2.05) is 31.2 Å². The molecule has 0 saturated carbocycles. The number of fused-ring (bicyclic) bond motifs is 1. The number of aromatic amines is 1. The number of aromatic nitrogens is 3. The molecule has 4 rings (SSSR count). The molecule has 0 atom stereocenters. The summed E-state index contributed by atoms with van der Waals surface area (Å²) < 4.78 is 0. The van der Waals surface area contributed by atoms with E-state index in [-0.39, 0.29) is 5.69 Å². The number of pyridine rings is 1. The highest BCUT2D eigenvalue weighted by molar-refractivity contribution is 6.30. The Bertz CT molecular complexity index is 1220. The second-order valence-corrected chi connectivity index (χ2v) is 6.85. The molecule has 3 N–H and O–H groups in total. The van der Waals surface area contributed by atoms with Gasteiger partial charge in [-0.05, 0) is 37.3 Å². The van der Waals surface area contributed by atoms with Gasteiger partial charge in [-0.15, -0.1) is 0 Å². The lowest BCUT2D eigenvalue weighted by Gasteiger charge is -2.09. The van der Waals surface area contributed by atoms with Crippen molar-refractivity contribution in [2.45, 2.75) is 6.92 Å². The zero-order chi connectivity index (χ0) is 20.4. The second kappa shape index (κ2) is 7.73. The first-order chi connectivity index (χ1) is 14.0. The van der Waals surface area contributed by atoms with Crippen molar-refractivity contribution in [3.8, 4) is 11.3 Å². The minimum Gasteiger partial charge on any atom is -0.272 e. The molecule has 7 nitrogen and oxygen atoms in total. The van der Waals surface area contributed by atoms with Crippen molar-refractivity contribution in [1.29, 1.82) is 0 Å². The number of rotatable bonds is 3. The average Bonchev–Trinajstić information content (AvgIpc) is 3.22. The molecule has 2 aromatic carbocycles. The fraction of sp³-hybridized carbons (Fsp3) is 0.0476. The Morgan fingerprint density at radius 1 is 0.966 bits per heavy atom. The predicted octanol–water partition coefficient (Wildman–Crippen LogP) is 3.66. The Kier molecular flexibility index (Phi) is 4.97. The number of carbonyl (C=O) groups excluding carboxylic acids is 2. The summed E-state index contributed by atoms with van der Waals surface area (Å²) in [5.41, 5.74) is 8.32. The summed E-state index contributed by atoms with van der Waals surface area (Å²) in [5, 5.41) is 8.11. The molecule has 2 aromatic heterocycles. The molecule has 0 spiro atoms. The van der Waals surface area contributed by atoms with Crippen LogP contribution >= 0.6 is 11.6 Å². The van der Waals surface area contributed by atoms with Crippen LogP contribution in [0.1, 0.15) is 26.5 Å². The van der Waals surface area contributed by atoms with Gasteiger partial charge in [-0.1, -0.05) is 41.9 Å².